The molecule has 0 unspecified atom stereocenters. The standard InChI is InChI=1S/C33H36N4O6.C27H46O/c1-7-20-19(6)32(42)37-27(20)14-25-18(5)23(10-12-31(40)41)29(35-25)15-28-22(9-11-30(38)39)17(4)24(34-28)13-26-16(3)21(8-2)33(43)36-26;1-18(2)7-6-8-19(3)23-11-12-24-22-10-9-20-17-21(28)13-15-26(20,4)25(22)14-16-27(23,24)5/h7-8,13-14,34-35H,1-2,9-12,15H2,3-6H3,(H,36,43)(H,37,42)(H,38,39)(H,40,41);9,18-19,21-25,28H,6-8,10-17H2,1-5H3/b26-13-,27-14-;/t;19-,21+,22+,23-,24+,25+,26+,27-/m.1/s1. The Labute approximate surface area is 422 Å². The lowest BCUT2D eigenvalue weighted by Gasteiger charge is -2.58. The molecule has 2 aromatic rings. The molecule has 8 rings (SSSR count). The maximum absolute atomic E-state index is 12.3. The lowest BCUT2D eigenvalue weighted by molar-refractivity contribution is -0.138. The normalized spacial score (nSPS) is 28.5. The van der Waals surface area contributed by atoms with Gasteiger partial charge in [0.1, 0.15) is 0 Å². The number of aliphatic hydroxyl groups is 1. The minimum absolute atomic E-state index is 0.0688. The maximum atomic E-state index is 12.3. The first-order valence-electron chi connectivity index (χ1n) is 26.6. The van der Waals surface area contributed by atoms with Crippen molar-refractivity contribution in [3.8, 4) is 0 Å². The summed E-state index contributed by atoms with van der Waals surface area (Å²) in [5.74, 6) is 3.18. The minimum atomic E-state index is -0.922. The van der Waals surface area contributed by atoms with E-state index in [-0.39, 0.29) is 43.6 Å². The van der Waals surface area contributed by atoms with Crippen molar-refractivity contribution >= 4 is 35.9 Å². The van der Waals surface area contributed by atoms with Gasteiger partial charge >= 0.3 is 11.9 Å². The van der Waals surface area contributed by atoms with E-state index in [1.165, 1.54) is 63.9 Å². The zero-order valence-electron chi connectivity index (χ0n) is 44.1. The van der Waals surface area contributed by atoms with Crippen LogP contribution in [0.15, 0.2) is 70.6 Å². The summed E-state index contributed by atoms with van der Waals surface area (Å²) in [7, 11) is 0. The van der Waals surface area contributed by atoms with E-state index in [9.17, 15) is 34.5 Å². The third-order valence-electron chi connectivity index (χ3n) is 18.4. The molecular formula is C60H82N4O7. The third kappa shape index (κ3) is 10.9. The highest BCUT2D eigenvalue weighted by molar-refractivity contribution is 6.03. The largest absolute Gasteiger partial charge is 0.481 e. The molecule has 6 aliphatic rings. The van der Waals surface area contributed by atoms with Crippen LogP contribution >= 0.6 is 0 Å². The first-order valence-corrected chi connectivity index (χ1v) is 26.6. The fourth-order valence-electron chi connectivity index (χ4n) is 14.3. The van der Waals surface area contributed by atoms with Gasteiger partial charge in [-0.05, 0) is 178 Å². The molecule has 71 heavy (non-hydrogen) atoms. The number of allylic oxidation sites excluding steroid dienone is 3. The zero-order valence-corrected chi connectivity index (χ0v) is 44.1. The third-order valence-corrected chi connectivity index (χ3v) is 18.4. The van der Waals surface area contributed by atoms with Crippen LogP contribution in [-0.2, 0) is 38.4 Å². The number of carboxylic acids is 2. The van der Waals surface area contributed by atoms with Crippen LogP contribution in [0.5, 0.6) is 0 Å². The Balaban J connectivity index is 0.000000228. The summed E-state index contributed by atoms with van der Waals surface area (Å²) >= 11 is 0. The van der Waals surface area contributed by atoms with Crippen molar-refractivity contribution in [2.75, 3.05) is 0 Å². The van der Waals surface area contributed by atoms with Gasteiger partial charge < -0.3 is 35.9 Å². The number of carbonyl (C=O) groups is 4. The van der Waals surface area contributed by atoms with E-state index in [1.807, 2.05) is 32.9 Å². The molecule has 0 aromatic carbocycles. The lowest BCUT2D eigenvalue weighted by atomic mass is 9.47. The molecule has 4 aliphatic carbocycles. The SMILES string of the molecule is C=CC1=C(C)/C(=C/c2[nH]c(Cc3[nH]c(/C=C4\NC(=O)C(C)=C4C=C)c(C)c3CCC(=O)O)c(CCC(=O)O)c2C)NC1=O.CC(C)CCC[C@@H](C)[C@H]1CC[C@H]2[C@@H]3CC=C4C[C@@H](O)CC[C@]4(C)[C@H]3CC[C@]12C. The molecule has 0 spiro atoms. The van der Waals surface area contributed by atoms with Crippen LogP contribution in [0.1, 0.15) is 177 Å². The Morgan fingerprint density at radius 2 is 1.35 bits per heavy atom. The monoisotopic (exact) mass is 971 g/mol. The van der Waals surface area contributed by atoms with E-state index < -0.39 is 11.9 Å². The Hall–Kier alpha value is -5.42. The highest BCUT2D eigenvalue weighted by atomic mass is 16.4. The number of carboxylic acid groups (broad SMARTS) is 2. The summed E-state index contributed by atoms with van der Waals surface area (Å²) in [5, 5.41) is 34.8. The Bertz CT molecular complexity index is 2610. The van der Waals surface area contributed by atoms with Crippen LogP contribution in [0.3, 0.4) is 0 Å². The number of nitrogens with one attached hydrogen (secondary N) is 4. The first-order chi connectivity index (χ1) is 33.6. The highest BCUT2D eigenvalue weighted by Gasteiger charge is 2.59. The summed E-state index contributed by atoms with van der Waals surface area (Å²) in [6, 6.07) is 0. The van der Waals surface area contributed by atoms with E-state index >= 15 is 0 Å². The van der Waals surface area contributed by atoms with Crippen molar-refractivity contribution in [1.82, 2.24) is 20.6 Å². The molecule has 0 saturated heterocycles. The fourth-order valence-corrected chi connectivity index (χ4v) is 14.3. The van der Waals surface area contributed by atoms with Crippen LogP contribution in [0.4, 0.5) is 0 Å². The van der Waals surface area contributed by atoms with Gasteiger partial charge in [0.05, 0.1) is 11.8 Å². The van der Waals surface area contributed by atoms with Gasteiger partial charge in [-0.1, -0.05) is 90.8 Å². The van der Waals surface area contributed by atoms with E-state index in [1.54, 1.807) is 18.6 Å². The van der Waals surface area contributed by atoms with Crippen molar-refractivity contribution in [3.05, 3.63) is 116 Å². The number of aromatic nitrogens is 2. The number of rotatable bonds is 17. The molecule has 3 fully saturated rings. The molecule has 11 heteroatoms. The van der Waals surface area contributed by atoms with Crippen LogP contribution < -0.4 is 10.6 Å². The van der Waals surface area contributed by atoms with E-state index in [0.29, 0.717) is 45.4 Å². The number of aliphatic hydroxyl groups excluding tert-OH is 1. The lowest BCUT2D eigenvalue weighted by Crippen LogP contribution is -2.50. The van der Waals surface area contributed by atoms with E-state index in [0.717, 1.165) is 99.0 Å². The number of amides is 2. The molecule has 4 heterocycles. The number of carbonyl (C=O) groups excluding carboxylic acids is 2. The number of aliphatic carboxylic acids is 2. The van der Waals surface area contributed by atoms with Gasteiger partial charge in [-0.2, -0.15) is 0 Å². The van der Waals surface area contributed by atoms with Crippen molar-refractivity contribution < 1.29 is 34.5 Å². The topological polar surface area (TPSA) is 185 Å². The smallest absolute Gasteiger partial charge is 0.303 e. The van der Waals surface area contributed by atoms with Gasteiger partial charge in [-0.25, -0.2) is 0 Å². The average molecular weight is 971 g/mol. The van der Waals surface area contributed by atoms with Gasteiger partial charge in [0.15, 0.2) is 0 Å². The Morgan fingerprint density at radius 3 is 1.92 bits per heavy atom. The number of hydrogen-bond acceptors (Lipinski definition) is 5. The first kappa shape index (κ1) is 53.4. The molecule has 0 bridgehead atoms. The number of aromatic amines is 2. The quantitative estimate of drug-likeness (QED) is 0.0769. The number of hydrogen-bond donors (Lipinski definition) is 7. The summed E-state index contributed by atoms with van der Waals surface area (Å²) in [4.78, 5) is 54.5. The van der Waals surface area contributed by atoms with Gasteiger partial charge in [0.25, 0.3) is 11.8 Å². The number of H-pyrrole nitrogens is 2. The van der Waals surface area contributed by atoms with Gasteiger partial charge in [-0.3, -0.25) is 19.2 Å². The van der Waals surface area contributed by atoms with Crippen molar-refractivity contribution in [3.63, 3.8) is 0 Å². The van der Waals surface area contributed by atoms with Gasteiger partial charge in [0, 0.05) is 64.5 Å². The average Bonchev–Trinajstić information content (AvgIpc) is 4.06. The molecular weight excluding hydrogens is 889 g/mol. The van der Waals surface area contributed by atoms with Gasteiger partial charge in [0.2, 0.25) is 0 Å². The van der Waals surface area contributed by atoms with Gasteiger partial charge in [-0.15, -0.1) is 0 Å². The van der Waals surface area contributed by atoms with Crippen molar-refractivity contribution in [2.45, 2.75) is 171 Å². The molecule has 2 amide bonds. The molecule has 2 aromatic heterocycles. The Kier molecular flexibility index (Phi) is 16.3. The molecule has 384 valence electrons. The second kappa shape index (κ2) is 21.7. The number of fused-ring (bicyclic) bond motifs is 5. The molecule has 0 radical (unpaired) electrons. The zero-order chi connectivity index (χ0) is 51.7. The van der Waals surface area contributed by atoms with Crippen LogP contribution in [-0.4, -0.2) is 55.1 Å². The van der Waals surface area contributed by atoms with Crippen LogP contribution in [0.2, 0.25) is 0 Å². The predicted molar refractivity (Wildman–Crippen MR) is 283 cm³/mol. The van der Waals surface area contributed by atoms with Crippen LogP contribution in [0, 0.1) is 60.2 Å². The summed E-state index contributed by atoms with van der Waals surface area (Å²) in [6.07, 6.45) is 24.7. The second-order valence-electron chi connectivity index (χ2n) is 22.9. The Morgan fingerprint density at radius 1 is 0.761 bits per heavy atom. The molecule has 8 atom stereocenters. The molecule has 3 saturated carbocycles. The fraction of sp³-hybridized carbons (Fsp3) is 0.567. The maximum Gasteiger partial charge on any atom is 0.303 e. The summed E-state index contributed by atoms with van der Waals surface area (Å²) in [5.41, 5.74) is 12.8. The molecule has 2 aliphatic heterocycles. The predicted octanol–water partition coefficient (Wildman–Crippen LogP) is 11.9. The minimum Gasteiger partial charge on any atom is -0.481 e. The summed E-state index contributed by atoms with van der Waals surface area (Å²) in [6.45, 7) is 27.5. The second-order valence-corrected chi connectivity index (χ2v) is 22.9. The van der Waals surface area contributed by atoms with Crippen molar-refractivity contribution in [2.24, 2.45) is 46.3 Å². The molecule has 7 N–H and O–H groups in total. The molecule has 11 nitrogen and oxygen atoms in total. The van der Waals surface area contributed by atoms with Crippen LogP contribution in [0.25, 0.3) is 12.2 Å². The van der Waals surface area contributed by atoms with E-state index in [4.69, 9.17) is 0 Å². The highest BCUT2D eigenvalue weighted by Crippen LogP contribution is 2.67. The van der Waals surface area contributed by atoms with Crippen molar-refractivity contribution in [1.29, 1.82) is 0 Å². The van der Waals surface area contributed by atoms with E-state index in [2.05, 4.69) is 74.5 Å². The summed E-state index contributed by atoms with van der Waals surface area (Å²) < 4.78 is 0.